The Morgan fingerprint density at radius 3 is 1.55 bits per heavy atom. The highest BCUT2D eigenvalue weighted by Crippen LogP contribution is 2.40. The molecule has 20 heavy (non-hydrogen) atoms. The van der Waals surface area contributed by atoms with Crippen LogP contribution in [-0.2, 0) is 0 Å². The molecule has 0 N–H and O–H groups in total. The minimum Gasteiger partial charge on any atom is -0.125 e. The Labute approximate surface area is 126 Å². The van der Waals surface area contributed by atoms with Crippen LogP contribution in [0.15, 0.2) is 24.3 Å². The predicted molar refractivity (Wildman–Crippen MR) is 92.3 cm³/mol. The van der Waals surface area contributed by atoms with Crippen LogP contribution in [0.3, 0.4) is 0 Å². The van der Waals surface area contributed by atoms with E-state index in [1.165, 1.54) is 0 Å². The smallest absolute Gasteiger partial charge is 0.125 e. The van der Waals surface area contributed by atoms with Crippen LogP contribution >= 0.6 is 0 Å². The van der Waals surface area contributed by atoms with Gasteiger partial charge in [0, 0.05) is 11.1 Å². The summed E-state index contributed by atoms with van der Waals surface area (Å²) in [4.78, 5) is 0. The van der Waals surface area contributed by atoms with Crippen molar-refractivity contribution < 1.29 is 0 Å². The van der Waals surface area contributed by atoms with Crippen molar-refractivity contribution in [3.8, 4) is 23.8 Å². The number of terminal acetylenes is 1. The molecule has 0 heterocycles. The van der Waals surface area contributed by atoms with E-state index >= 15 is 0 Å². The maximum Gasteiger partial charge on any atom is 0.146 e. The maximum absolute atomic E-state index is 5.38. The summed E-state index contributed by atoms with van der Waals surface area (Å²) in [5.41, 5.74) is 7.71. The second-order valence-corrected chi connectivity index (χ2v) is 11.9. The first-order chi connectivity index (χ1) is 9.34. The molecule has 0 aliphatic carbocycles. The standard InChI is InChI=1S/C19H26Si/c1-8-18-9-11-19(12-10-18)13-14-20(15(2)3,16(4)5)17(6)7/h1,9-12,15-17H,2-7H3. The van der Waals surface area contributed by atoms with Crippen LogP contribution in [0.2, 0.25) is 16.6 Å². The van der Waals surface area contributed by atoms with E-state index in [4.69, 9.17) is 6.42 Å². The predicted octanol–water partition coefficient (Wildman–Crippen LogP) is 5.24. The van der Waals surface area contributed by atoms with Crippen LogP contribution in [0.4, 0.5) is 0 Å². The van der Waals surface area contributed by atoms with Crippen molar-refractivity contribution in [2.24, 2.45) is 0 Å². The summed E-state index contributed by atoms with van der Waals surface area (Å²) >= 11 is 0. The summed E-state index contributed by atoms with van der Waals surface area (Å²) in [6, 6.07) is 7.99. The third-order valence-electron chi connectivity index (χ3n) is 4.34. The molecule has 0 radical (unpaired) electrons. The normalized spacial score (nSPS) is 11.4. The Morgan fingerprint density at radius 1 is 0.800 bits per heavy atom. The lowest BCUT2D eigenvalue weighted by molar-refractivity contribution is 0.838. The second kappa shape index (κ2) is 6.82. The Hall–Kier alpha value is -1.44. The van der Waals surface area contributed by atoms with Crippen molar-refractivity contribution in [1.29, 1.82) is 0 Å². The van der Waals surface area contributed by atoms with E-state index in [9.17, 15) is 0 Å². The van der Waals surface area contributed by atoms with Crippen LogP contribution < -0.4 is 0 Å². The summed E-state index contributed by atoms with van der Waals surface area (Å²) in [5.74, 6) is 6.07. The average molecular weight is 283 g/mol. The van der Waals surface area contributed by atoms with Crippen LogP contribution in [0.5, 0.6) is 0 Å². The molecule has 1 aromatic rings. The molecule has 0 aromatic heterocycles. The van der Waals surface area contributed by atoms with Gasteiger partial charge in [-0.3, -0.25) is 0 Å². The average Bonchev–Trinajstić information content (AvgIpc) is 2.38. The Morgan fingerprint density at radius 2 is 1.20 bits per heavy atom. The summed E-state index contributed by atoms with van der Waals surface area (Å²) in [7, 11) is -1.63. The van der Waals surface area contributed by atoms with E-state index < -0.39 is 8.07 Å². The first-order valence-electron chi connectivity index (χ1n) is 7.44. The van der Waals surface area contributed by atoms with Gasteiger partial charge in [0.15, 0.2) is 0 Å². The van der Waals surface area contributed by atoms with Gasteiger partial charge in [0.25, 0.3) is 0 Å². The molecule has 0 saturated carbocycles. The summed E-state index contributed by atoms with van der Waals surface area (Å²) in [6.45, 7) is 14.0. The molecule has 0 nitrogen and oxygen atoms in total. The molecule has 1 rings (SSSR count). The van der Waals surface area contributed by atoms with E-state index in [-0.39, 0.29) is 0 Å². The minimum atomic E-state index is -1.63. The summed E-state index contributed by atoms with van der Waals surface area (Å²) in [5, 5.41) is 0. The fourth-order valence-electron chi connectivity index (χ4n) is 3.26. The van der Waals surface area contributed by atoms with Gasteiger partial charge in [-0.1, -0.05) is 53.4 Å². The third kappa shape index (κ3) is 3.36. The molecule has 106 valence electrons. The fourth-order valence-corrected chi connectivity index (χ4v) is 8.49. The van der Waals surface area contributed by atoms with Gasteiger partial charge >= 0.3 is 0 Å². The Bertz CT molecular complexity index is 508. The van der Waals surface area contributed by atoms with E-state index in [0.29, 0.717) is 16.6 Å². The molecule has 1 aromatic carbocycles. The zero-order valence-electron chi connectivity index (χ0n) is 13.6. The van der Waals surface area contributed by atoms with Gasteiger partial charge in [-0.2, -0.15) is 0 Å². The quantitative estimate of drug-likeness (QED) is 0.525. The number of rotatable bonds is 3. The molecular weight excluding hydrogens is 256 g/mol. The number of hydrogen-bond donors (Lipinski definition) is 0. The van der Waals surface area contributed by atoms with Crippen LogP contribution in [0, 0.1) is 23.8 Å². The molecule has 0 atom stereocenters. The molecule has 0 aliphatic heterocycles. The summed E-state index contributed by atoms with van der Waals surface area (Å²) < 4.78 is 0. The SMILES string of the molecule is C#Cc1ccc(C#C[Si](C(C)C)(C(C)C)C(C)C)cc1. The third-order valence-corrected chi connectivity index (χ3v) is 10.6. The van der Waals surface area contributed by atoms with E-state index in [2.05, 4.69) is 58.9 Å². The topological polar surface area (TPSA) is 0 Å². The molecular formula is C19H26Si. The van der Waals surface area contributed by atoms with Crippen molar-refractivity contribution in [2.45, 2.75) is 58.2 Å². The lowest BCUT2D eigenvalue weighted by Crippen LogP contribution is -2.43. The fraction of sp³-hybridized carbons (Fsp3) is 0.474. The highest BCUT2D eigenvalue weighted by Gasteiger charge is 2.41. The van der Waals surface area contributed by atoms with E-state index in [1.54, 1.807) is 0 Å². The van der Waals surface area contributed by atoms with Gasteiger partial charge in [0.2, 0.25) is 0 Å². The van der Waals surface area contributed by atoms with Crippen LogP contribution in [-0.4, -0.2) is 8.07 Å². The van der Waals surface area contributed by atoms with Crippen LogP contribution in [0.25, 0.3) is 0 Å². The molecule has 0 bridgehead atoms. The van der Waals surface area contributed by atoms with Gasteiger partial charge < -0.3 is 0 Å². The molecule has 0 amide bonds. The first-order valence-corrected chi connectivity index (χ1v) is 9.67. The monoisotopic (exact) mass is 282 g/mol. The molecule has 0 aliphatic rings. The van der Waals surface area contributed by atoms with Crippen LogP contribution in [0.1, 0.15) is 52.7 Å². The second-order valence-electron chi connectivity index (χ2n) is 6.37. The van der Waals surface area contributed by atoms with Gasteiger partial charge in [-0.05, 0) is 40.9 Å². The number of benzene rings is 1. The molecule has 0 spiro atoms. The van der Waals surface area contributed by atoms with Crippen molar-refractivity contribution in [1.82, 2.24) is 0 Å². The molecule has 0 fully saturated rings. The lowest BCUT2D eigenvalue weighted by Gasteiger charge is -2.38. The Balaban J connectivity index is 3.20. The highest BCUT2D eigenvalue weighted by atomic mass is 28.3. The highest BCUT2D eigenvalue weighted by molar-refractivity contribution is 6.90. The molecule has 1 heteroatoms. The first kappa shape index (κ1) is 16.6. The van der Waals surface area contributed by atoms with Crippen molar-refractivity contribution in [3.05, 3.63) is 35.4 Å². The largest absolute Gasteiger partial charge is 0.146 e. The van der Waals surface area contributed by atoms with Crippen molar-refractivity contribution >= 4 is 8.07 Å². The van der Waals surface area contributed by atoms with Gasteiger partial charge in [-0.25, -0.2) is 0 Å². The van der Waals surface area contributed by atoms with E-state index in [0.717, 1.165) is 11.1 Å². The number of hydrogen-bond acceptors (Lipinski definition) is 0. The zero-order valence-corrected chi connectivity index (χ0v) is 14.6. The van der Waals surface area contributed by atoms with Gasteiger partial charge in [0.05, 0.1) is 0 Å². The van der Waals surface area contributed by atoms with Crippen molar-refractivity contribution in [3.63, 3.8) is 0 Å². The maximum atomic E-state index is 5.38. The van der Waals surface area contributed by atoms with Crippen molar-refractivity contribution in [2.75, 3.05) is 0 Å². The van der Waals surface area contributed by atoms with Gasteiger partial charge in [-0.15, -0.1) is 12.0 Å². The minimum absolute atomic E-state index is 0.667. The Kier molecular flexibility index (Phi) is 5.67. The summed E-state index contributed by atoms with van der Waals surface area (Å²) in [6.07, 6.45) is 5.38. The molecule has 0 saturated heterocycles. The van der Waals surface area contributed by atoms with Gasteiger partial charge in [0.1, 0.15) is 8.07 Å². The van der Waals surface area contributed by atoms with E-state index in [1.807, 2.05) is 24.3 Å². The lowest BCUT2D eigenvalue weighted by atomic mass is 10.1. The molecule has 0 unspecified atom stereocenters. The zero-order chi connectivity index (χ0) is 15.3.